The molecule has 2 aromatic heterocycles. The molecule has 3 rings (SSSR count). The van der Waals surface area contributed by atoms with Crippen molar-refractivity contribution in [3.8, 4) is 0 Å². The van der Waals surface area contributed by atoms with E-state index in [4.69, 9.17) is 4.42 Å². The van der Waals surface area contributed by atoms with Crippen molar-refractivity contribution in [3.63, 3.8) is 0 Å². The molecule has 0 radical (unpaired) electrons. The van der Waals surface area contributed by atoms with E-state index < -0.39 is 0 Å². The van der Waals surface area contributed by atoms with E-state index in [9.17, 15) is 0 Å². The summed E-state index contributed by atoms with van der Waals surface area (Å²) in [5, 5.41) is 5.66. The van der Waals surface area contributed by atoms with Gasteiger partial charge in [-0.3, -0.25) is 0 Å². The average molecular weight is 219 g/mol. The first-order valence-corrected chi connectivity index (χ1v) is 6.08. The van der Waals surface area contributed by atoms with Crippen molar-refractivity contribution < 1.29 is 4.42 Å². The monoisotopic (exact) mass is 219 g/mol. The Kier molecular flexibility index (Phi) is 2.15. The van der Waals surface area contributed by atoms with Gasteiger partial charge in [-0.15, -0.1) is 11.3 Å². The molecular weight excluding hydrogens is 206 g/mol. The van der Waals surface area contributed by atoms with Crippen LogP contribution in [0, 0.1) is 6.92 Å². The van der Waals surface area contributed by atoms with E-state index in [0.29, 0.717) is 0 Å². The standard InChI is InChI=1S/C12H13NOS/c1-8-4-7-15-12(8)10-11-9(2-5-13-10)3-6-14-11/h3-4,6-7,10,13H,2,5H2,1H3. The molecule has 0 bridgehead atoms. The van der Waals surface area contributed by atoms with Crippen molar-refractivity contribution in [2.24, 2.45) is 0 Å². The minimum atomic E-state index is 0.267. The number of fused-ring (bicyclic) bond motifs is 1. The van der Waals surface area contributed by atoms with Gasteiger partial charge in [-0.2, -0.15) is 0 Å². The van der Waals surface area contributed by atoms with Crippen LogP contribution in [0.25, 0.3) is 0 Å². The first kappa shape index (κ1) is 9.19. The lowest BCUT2D eigenvalue weighted by molar-refractivity contribution is 0.427. The number of rotatable bonds is 1. The molecule has 0 fully saturated rings. The molecule has 2 nitrogen and oxygen atoms in total. The van der Waals surface area contributed by atoms with Gasteiger partial charge >= 0.3 is 0 Å². The highest BCUT2D eigenvalue weighted by Crippen LogP contribution is 2.33. The Labute approximate surface area is 92.9 Å². The van der Waals surface area contributed by atoms with Crippen LogP contribution in [0.2, 0.25) is 0 Å². The Morgan fingerprint density at radius 2 is 2.40 bits per heavy atom. The smallest absolute Gasteiger partial charge is 0.129 e. The van der Waals surface area contributed by atoms with Crippen LogP contribution in [0.15, 0.2) is 28.2 Å². The summed E-state index contributed by atoms with van der Waals surface area (Å²) in [6.45, 7) is 3.19. The number of nitrogens with one attached hydrogen (secondary N) is 1. The van der Waals surface area contributed by atoms with Crippen molar-refractivity contribution in [1.82, 2.24) is 5.32 Å². The number of furan rings is 1. The molecule has 3 heterocycles. The summed E-state index contributed by atoms with van der Waals surface area (Å²) in [5.74, 6) is 1.10. The lowest BCUT2D eigenvalue weighted by atomic mass is 10.0. The van der Waals surface area contributed by atoms with Crippen molar-refractivity contribution >= 4 is 11.3 Å². The van der Waals surface area contributed by atoms with E-state index in [-0.39, 0.29) is 6.04 Å². The van der Waals surface area contributed by atoms with Crippen LogP contribution >= 0.6 is 11.3 Å². The second-order valence-electron chi connectivity index (χ2n) is 3.92. The molecule has 0 aromatic carbocycles. The summed E-state index contributed by atoms with van der Waals surface area (Å²) in [7, 11) is 0. The summed E-state index contributed by atoms with van der Waals surface area (Å²) >= 11 is 1.80. The maximum atomic E-state index is 5.59. The Morgan fingerprint density at radius 3 is 3.20 bits per heavy atom. The summed E-state index contributed by atoms with van der Waals surface area (Å²) in [4.78, 5) is 1.38. The van der Waals surface area contributed by atoms with Gasteiger partial charge in [0.25, 0.3) is 0 Å². The van der Waals surface area contributed by atoms with Crippen molar-refractivity contribution in [1.29, 1.82) is 0 Å². The van der Waals surface area contributed by atoms with Gasteiger partial charge in [0.2, 0.25) is 0 Å². The second-order valence-corrected chi connectivity index (χ2v) is 4.86. The maximum absolute atomic E-state index is 5.59. The molecule has 0 saturated heterocycles. The minimum absolute atomic E-state index is 0.267. The van der Waals surface area contributed by atoms with Crippen molar-refractivity contribution in [3.05, 3.63) is 45.5 Å². The normalized spacial score (nSPS) is 20.2. The van der Waals surface area contributed by atoms with E-state index in [1.54, 1.807) is 17.6 Å². The maximum Gasteiger partial charge on any atom is 0.129 e. The highest BCUT2D eigenvalue weighted by Gasteiger charge is 2.26. The highest BCUT2D eigenvalue weighted by molar-refractivity contribution is 7.10. The first-order chi connectivity index (χ1) is 7.36. The molecule has 2 aromatic rings. The van der Waals surface area contributed by atoms with E-state index in [2.05, 4.69) is 29.8 Å². The fourth-order valence-electron chi connectivity index (χ4n) is 2.14. The van der Waals surface area contributed by atoms with Gasteiger partial charge in [-0.25, -0.2) is 0 Å². The topological polar surface area (TPSA) is 25.2 Å². The molecule has 15 heavy (non-hydrogen) atoms. The fraction of sp³-hybridized carbons (Fsp3) is 0.333. The van der Waals surface area contributed by atoms with Crippen LogP contribution in [0.3, 0.4) is 0 Å². The molecule has 0 saturated carbocycles. The Morgan fingerprint density at radius 1 is 1.47 bits per heavy atom. The Hall–Kier alpha value is -1.06. The third-order valence-electron chi connectivity index (χ3n) is 2.95. The lowest BCUT2D eigenvalue weighted by Gasteiger charge is -2.22. The first-order valence-electron chi connectivity index (χ1n) is 5.20. The van der Waals surface area contributed by atoms with E-state index in [0.717, 1.165) is 18.7 Å². The number of hydrogen-bond donors (Lipinski definition) is 1. The van der Waals surface area contributed by atoms with Crippen LogP contribution in [0.4, 0.5) is 0 Å². The van der Waals surface area contributed by atoms with Crippen LogP contribution in [0.5, 0.6) is 0 Å². The average Bonchev–Trinajstić information content (AvgIpc) is 2.85. The van der Waals surface area contributed by atoms with Crippen molar-refractivity contribution in [2.75, 3.05) is 6.54 Å². The molecule has 1 aliphatic heterocycles. The molecule has 1 N–H and O–H groups in total. The quantitative estimate of drug-likeness (QED) is 0.797. The zero-order valence-corrected chi connectivity index (χ0v) is 9.43. The molecule has 1 aliphatic rings. The Bertz CT molecular complexity index is 471. The van der Waals surface area contributed by atoms with Gasteiger partial charge < -0.3 is 9.73 Å². The molecule has 1 unspecified atom stereocenters. The predicted molar refractivity (Wildman–Crippen MR) is 61.3 cm³/mol. The Balaban J connectivity index is 2.07. The summed E-state index contributed by atoms with van der Waals surface area (Å²) in [5.41, 5.74) is 2.70. The van der Waals surface area contributed by atoms with Crippen LogP contribution in [-0.4, -0.2) is 6.54 Å². The van der Waals surface area contributed by atoms with Gasteiger partial charge in [-0.05, 0) is 42.0 Å². The van der Waals surface area contributed by atoms with E-state index >= 15 is 0 Å². The zero-order valence-electron chi connectivity index (χ0n) is 8.62. The molecule has 1 atom stereocenters. The van der Waals surface area contributed by atoms with Gasteiger partial charge in [-0.1, -0.05) is 0 Å². The van der Waals surface area contributed by atoms with Gasteiger partial charge in [0.15, 0.2) is 0 Å². The summed E-state index contributed by atoms with van der Waals surface area (Å²) in [6, 6.07) is 4.52. The second kappa shape index (κ2) is 3.51. The van der Waals surface area contributed by atoms with E-state index in [1.165, 1.54) is 16.0 Å². The third-order valence-corrected chi connectivity index (χ3v) is 4.03. The van der Waals surface area contributed by atoms with E-state index in [1.807, 2.05) is 0 Å². The fourth-order valence-corrected chi connectivity index (χ4v) is 3.14. The summed E-state index contributed by atoms with van der Waals surface area (Å²) in [6.07, 6.45) is 2.88. The van der Waals surface area contributed by atoms with Crippen LogP contribution in [-0.2, 0) is 6.42 Å². The van der Waals surface area contributed by atoms with Crippen LogP contribution in [0.1, 0.15) is 27.8 Å². The number of hydrogen-bond acceptors (Lipinski definition) is 3. The molecular formula is C12H13NOS. The van der Waals surface area contributed by atoms with Crippen LogP contribution < -0.4 is 5.32 Å². The molecule has 0 amide bonds. The SMILES string of the molecule is Cc1ccsc1C1NCCc2ccoc21. The number of aryl methyl sites for hydroxylation is 1. The van der Waals surface area contributed by atoms with Gasteiger partial charge in [0.05, 0.1) is 6.26 Å². The summed E-state index contributed by atoms with van der Waals surface area (Å²) < 4.78 is 5.59. The third kappa shape index (κ3) is 1.43. The molecule has 3 heteroatoms. The lowest BCUT2D eigenvalue weighted by Crippen LogP contribution is -2.29. The highest BCUT2D eigenvalue weighted by atomic mass is 32.1. The van der Waals surface area contributed by atoms with Crippen molar-refractivity contribution in [2.45, 2.75) is 19.4 Å². The van der Waals surface area contributed by atoms with Gasteiger partial charge in [0.1, 0.15) is 11.8 Å². The zero-order chi connectivity index (χ0) is 10.3. The molecule has 0 spiro atoms. The number of thiophene rings is 1. The molecule has 0 aliphatic carbocycles. The predicted octanol–water partition coefficient (Wildman–Crippen LogP) is 2.88. The minimum Gasteiger partial charge on any atom is -0.467 e. The largest absolute Gasteiger partial charge is 0.467 e. The van der Waals surface area contributed by atoms with Gasteiger partial charge in [0, 0.05) is 11.4 Å². The molecule has 78 valence electrons.